The molecule has 1 N–H and O–H groups in total. The fourth-order valence-corrected chi connectivity index (χ4v) is 3.12. The van der Waals surface area contributed by atoms with E-state index in [-0.39, 0.29) is 6.61 Å². The van der Waals surface area contributed by atoms with Crippen LogP contribution in [-0.4, -0.2) is 28.5 Å². The molecule has 30 heavy (non-hydrogen) atoms. The monoisotopic (exact) mass is 481 g/mol. The van der Waals surface area contributed by atoms with Gasteiger partial charge in [0.05, 0.1) is 17.6 Å². The number of hydrogen-bond acceptors (Lipinski definition) is 3. The molecule has 1 heterocycles. The Hall–Kier alpha value is -2.65. The largest absolute Gasteiger partial charge is 0.411 e. The first kappa shape index (κ1) is 22.0. The zero-order chi connectivity index (χ0) is 21.7. The summed E-state index contributed by atoms with van der Waals surface area (Å²) in [4.78, 5) is 12.6. The van der Waals surface area contributed by atoms with E-state index >= 15 is 0 Å². The molecule has 0 fully saturated rings. The highest BCUT2D eigenvalue weighted by molar-refractivity contribution is 9.10. The lowest BCUT2D eigenvalue weighted by molar-refractivity contribution is -0.176. The molecule has 0 spiro atoms. The minimum Gasteiger partial charge on any atom is -0.367 e. The van der Waals surface area contributed by atoms with Crippen molar-refractivity contribution in [2.45, 2.75) is 26.3 Å². The van der Waals surface area contributed by atoms with E-state index in [0.717, 1.165) is 5.56 Å². The van der Waals surface area contributed by atoms with E-state index in [1.165, 1.54) is 11.6 Å². The number of carbonyl (C=O) groups excluding carboxylic acids is 1. The third kappa shape index (κ3) is 6.43. The Morgan fingerprint density at radius 2 is 1.90 bits per heavy atom. The summed E-state index contributed by atoms with van der Waals surface area (Å²) in [6.45, 7) is 0.977. The van der Waals surface area contributed by atoms with E-state index < -0.39 is 18.7 Å². The number of carbonyl (C=O) groups is 1. The summed E-state index contributed by atoms with van der Waals surface area (Å²) >= 11 is 3.39. The molecule has 158 valence electrons. The van der Waals surface area contributed by atoms with E-state index in [1.54, 1.807) is 29.1 Å². The average Bonchev–Trinajstić information content (AvgIpc) is 3.01. The molecule has 0 aliphatic rings. The van der Waals surface area contributed by atoms with Crippen molar-refractivity contribution < 1.29 is 22.7 Å². The number of amides is 1. The van der Waals surface area contributed by atoms with Gasteiger partial charge in [0.25, 0.3) is 5.91 Å². The molecule has 0 aliphatic carbocycles. The first-order valence-corrected chi connectivity index (χ1v) is 9.82. The fourth-order valence-electron chi connectivity index (χ4n) is 2.71. The van der Waals surface area contributed by atoms with Crippen molar-refractivity contribution in [1.82, 2.24) is 9.78 Å². The molecular weight excluding hydrogens is 463 g/mol. The second-order valence-corrected chi connectivity index (χ2v) is 7.63. The Labute approximate surface area is 180 Å². The van der Waals surface area contributed by atoms with Gasteiger partial charge in [0.15, 0.2) is 5.82 Å². The Morgan fingerprint density at radius 1 is 1.17 bits per heavy atom. The van der Waals surface area contributed by atoms with Gasteiger partial charge in [0.2, 0.25) is 0 Å². The third-order valence-corrected chi connectivity index (χ3v) is 4.72. The predicted octanol–water partition coefficient (Wildman–Crippen LogP) is 5.33. The van der Waals surface area contributed by atoms with Gasteiger partial charge in [0, 0.05) is 11.8 Å². The standard InChI is InChI=1S/C21H19BrF3N3O2/c1-14-5-7-15(8-6-14)10-28-11-18(22)19(27-28)26-20(29)17-4-2-3-16(9-17)12-30-13-21(23,24)25/h2-9,11H,10,12-13H2,1H3,(H,26,27,29). The van der Waals surface area contributed by atoms with Gasteiger partial charge in [-0.25, -0.2) is 0 Å². The Morgan fingerprint density at radius 3 is 2.60 bits per heavy atom. The van der Waals surface area contributed by atoms with Crippen molar-refractivity contribution >= 4 is 27.7 Å². The summed E-state index contributed by atoms with van der Waals surface area (Å²) in [6, 6.07) is 14.3. The van der Waals surface area contributed by atoms with Crippen LogP contribution in [0.2, 0.25) is 0 Å². The summed E-state index contributed by atoms with van der Waals surface area (Å²) < 4.78 is 43.6. The van der Waals surface area contributed by atoms with Crippen LogP contribution in [0.4, 0.5) is 19.0 Å². The number of rotatable bonds is 7. The molecule has 3 rings (SSSR count). The SMILES string of the molecule is Cc1ccc(Cn2cc(Br)c(NC(=O)c3cccc(COCC(F)(F)F)c3)n2)cc1. The zero-order valence-corrected chi connectivity index (χ0v) is 17.6. The van der Waals surface area contributed by atoms with Crippen molar-refractivity contribution in [3.05, 3.63) is 81.5 Å². The lowest BCUT2D eigenvalue weighted by Crippen LogP contribution is -2.17. The number of aromatic nitrogens is 2. The number of nitrogens with one attached hydrogen (secondary N) is 1. The maximum absolute atomic E-state index is 12.6. The fraction of sp³-hybridized carbons (Fsp3) is 0.238. The summed E-state index contributed by atoms with van der Waals surface area (Å²) in [5.41, 5.74) is 3.00. The highest BCUT2D eigenvalue weighted by Crippen LogP contribution is 2.22. The number of ether oxygens (including phenoxy) is 1. The van der Waals surface area contributed by atoms with Crippen LogP contribution in [0.15, 0.2) is 59.2 Å². The van der Waals surface area contributed by atoms with E-state index in [0.29, 0.717) is 28.0 Å². The van der Waals surface area contributed by atoms with Crippen LogP contribution >= 0.6 is 15.9 Å². The molecule has 9 heteroatoms. The molecule has 5 nitrogen and oxygen atoms in total. The smallest absolute Gasteiger partial charge is 0.367 e. The molecule has 2 aromatic carbocycles. The Bertz CT molecular complexity index is 1020. The van der Waals surface area contributed by atoms with E-state index in [1.807, 2.05) is 31.2 Å². The summed E-state index contributed by atoms with van der Waals surface area (Å²) in [6.07, 6.45) is -2.63. The summed E-state index contributed by atoms with van der Waals surface area (Å²) in [5.74, 6) is -0.0696. The second-order valence-electron chi connectivity index (χ2n) is 6.77. The quantitative estimate of drug-likeness (QED) is 0.495. The van der Waals surface area contributed by atoms with Crippen molar-refractivity contribution in [2.24, 2.45) is 0 Å². The highest BCUT2D eigenvalue weighted by Gasteiger charge is 2.27. The van der Waals surface area contributed by atoms with Crippen LogP contribution in [0.25, 0.3) is 0 Å². The van der Waals surface area contributed by atoms with E-state index in [9.17, 15) is 18.0 Å². The molecular formula is C21H19BrF3N3O2. The average molecular weight is 482 g/mol. The highest BCUT2D eigenvalue weighted by atomic mass is 79.9. The molecule has 0 radical (unpaired) electrons. The van der Waals surface area contributed by atoms with Gasteiger partial charge in [-0.1, -0.05) is 42.0 Å². The molecule has 0 bridgehead atoms. The van der Waals surface area contributed by atoms with Gasteiger partial charge in [-0.15, -0.1) is 0 Å². The minimum atomic E-state index is -4.39. The minimum absolute atomic E-state index is 0.241. The van der Waals surface area contributed by atoms with Gasteiger partial charge in [-0.3, -0.25) is 9.48 Å². The first-order chi connectivity index (χ1) is 14.2. The van der Waals surface area contributed by atoms with Crippen LogP contribution in [0, 0.1) is 6.92 Å². The number of benzene rings is 2. The van der Waals surface area contributed by atoms with Gasteiger partial charge >= 0.3 is 6.18 Å². The number of nitrogens with zero attached hydrogens (tertiary/aromatic N) is 2. The number of aryl methyl sites for hydroxylation is 1. The number of hydrogen-bond donors (Lipinski definition) is 1. The maximum atomic E-state index is 12.6. The lowest BCUT2D eigenvalue weighted by Gasteiger charge is -2.09. The second kappa shape index (κ2) is 9.44. The van der Waals surface area contributed by atoms with E-state index in [4.69, 9.17) is 0 Å². The van der Waals surface area contributed by atoms with Gasteiger partial charge in [0.1, 0.15) is 6.61 Å². The number of halogens is 4. The predicted molar refractivity (Wildman–Crippen MR) is 110 cm³/mol. The van der Waals surface area contributed by atoms with Crippen molar-refractivity contribution in [3.63, 3.8) is 0 Å². The van der Waals surface area contributed by atoms with Crippen LogP contribution in [-0.2, 0) is 17.9 Å². The van der Waals surface area contributed by atoms with Crippen molar-refractivity contribution in [2.75, 3.05) is 11.9 Å². The van der Waals surface area contributed by atoms with Crippen LogP contribution in [0.5, 0.6) is 0 Å². The normalized spacial score (nSPS) is 11.5. The molecule has 0 atom stereocenters. The van der Waals surface area contributed by atoms with Crippen LogP contribution in [0.1, 0.15) is 27.0 Å². The van der Waals surface area contributed by atoms with Crippen LogP contribution in [0.3, 0.4) is 0 Å². The Kier molecular flexibility index (Phi) is 6.94. The molecule has 3 aromatic rings. The summed E-state index contributed by atoms with van der Waals surface area (Å²) in [5, 5.41) is 7.09. The Balaban J connectivity index is 1.63. The zero-order valence-electron chi connectivity index (χ0n) is 16.0. The molecule has 0 unspecified atom stereocenters. The third-order valence-electron chi connectivity index (χ3n) is 4.14. The molecule has 0 aliphatic heterocycles. The first-order valence-electron chi connectivity index (χ1n) is 9.03. The van der Waals surface area contributed by atoms with Gasteiger partial charge < -0.3 is 10.1 Å². The van der Waals surface area contributed by atoms with Gasteiger partial charge in [-0.2, -0.15) is 18.3 Å². The number of alkyl halides is 3. The molecule has 1 amide bonds. The molecule has 0 saturated heterocycles. The van der Waals surface area contributed by atoms with Crippen LogP contribution < -0.4 is 5.32 Å². The summed E-state index contributed by atoms with van der Waals surface area (Å²) in [7, 11) is 0. The molecule has 0 saturated carbocycles. The lowest BCUT2D eigenvalue weighted by atomic mass is 10.1. The van der Waals surface area contributed by atoms with Gasteiger partial charge in [-0.05, 0) is 46.1 Å². The van der Waals surface area contributed by atoms with E-state index in [2.05, 4.69) is 31.1 Å². The van der Waals surface area contributed by atoms with Crippen molar-refractivity contribution in [3.8, 4) is 0 Å². The van der Waals surface area contributed by atoms with Crippen molar-refractivity contribution in [1.29, 1.82) is 0 Å². The number of anilines is 1. The topological polar surface area (TPSA) is 56.2 Å². The molecule has 1 aromatic heterocycles. The maximum Gasteiger partial charge on any atom is 0.411 e.